The molecule has 0 aliphatic carbocycles. The van der Waals surface area contributed by atoms with Crippen LogP contribution in [0.4, 0.5) is 5.69 Å². The fraction of sp³-hybridized carbons (Fsp3) is 0.400. The lowest BCUT2D eigenvalue weighted by Crippen LogP contribution is -2.50. The van der Waals surface area contributed by atoms with E-state index in [1.54, 1.807) is 6.07 Å². The van der Waals surface area contributed by atoms with Crippen molar-refractivity contribution in [1.29, 1.82) is 0 Å². The molecule has 3 heterocycles. The van der Waals surface area contributed by atoms with Crippen LogP contribution in [0.3, 0.4) is 0 Å². The first-order valence-corrected chi connectivity index (χ1v) is 9.53. The van der Waals surface area contributed by atoms with Crippen molar-refractivity contribution in [2.24, 2.45) is 5.92 Å². The molecule has 2 bridgehead atoms. The van der Waals surface area contributed by atoms with E-state index in [4.69, 9.17) is 17.0 Å². The zero-order valence-electron chi connectivity index (χ0n) is 14.9. The monoisotopic (exact) mass is 369 g/mol. The van der Waals surface area contributed by atoms with Crippen LogP contribution in [-0.4, -0.2) is 34.3 Å². The molecule has 0 spiro atoms. The number of anilines is 1. The summed E-state index contributed by atoms with van der Waals surface area (Å²) in [6.07, 6.45) is 1.13. The SMILES string of the molecule is CCOc1ccc(NC(=S)N2CC3C[C@H](C2)c2cccc(=O)n2C3)cc1. The van der Waals surface area contributed by atoms with Crippen LogP contribution < -0.4 is 15.6 Å². The van der Waals surface area contributed by atoms with Crippen LogP contribution in [0.15, 0.2) is 47.3 Å². The number of fused-ring (bicyclic) bond motifs is 4. The van der Waals surface area contributed by atoms with Crippen LogP contribution in [-0.2, 0) is 6.54 Å². The molecule has 6 heteroatoms. The Bertz CT molecular complexity index is 862. The number of rotatable bonds is 3. The minimum atomic E-state index is 0.112. The fourth-order valence-electron chi connectivity index (χ4n) is 4.07. The van der Waals surface area contributed by atoms with Crippen molar-refractivity contribution in [2.45, 2.75) is 25.8 Å². The van der Waals surface area contributed by atoms with Gasteiger partial charge in [0.2, 0.25) is 0 Å². The van der Waals surface area contributed by atoms with E-state index in [1.807, 2.05) is 41.8 Å². The van der Waals surface area contributed by atoms with Crippen LogP contribution in [0.25, 0.3) is 0 Å². The van der Waals surface area contributed by atoms with E-state index in [2.05, 4.69) is 16.3 Å². The van der Waals surface area contributed by atoms with Crippen molar-refractivity contribution < 1.29 is 4.74 Å². The number of nitrogens with one attached hydrogen (secondary N) is 1. The predicted molar refractivity (Wildman–Crippen MR) is 107 cm³/mol. The summed E-state index contributed by atoms with van der Waals surface area (Å²) in [5.41, 5.74) is 2.22. The number of aromatic nitrogens is 1. The van der Waals surface area contributed by atoms with Crippen LogP contribution in [0.1, 0.15) is 25.0 Å². The number of pyridine rings is 1. The highest BCUT2D eigenvalue weighted by atomic mass is 32.1. The zero-order valence-corrected chi connectivity index (χ0v) is 15.7. The van der Waals surface area contributed by atoms with Crippen molar-refractivity contribution in [3.63, 3.8) is 0 Å². The summed E-state index contributed by atoms with van der Waals surface area (Å²) in [7, 11) is 0. The van der Waals surface area contributed by atoms with Crippen molar-refractivity contribution in [3.05, 3.63) is 58.5 Å². The van der Waals surface area contributed by atoms with Gasteiger partial charge < -0.3 is 19.5 Å². The minimum absolute atomic E-state index is 0.112. The van der Waals surface area contributed by atoms with E-state index in [1.165, 1.54) is 0 Å². The molecule has 0 amide bonds. The van der Waals surface area contributed by atoms with Gasteiger partial charge in [-0.1, -0.05) is 6.07 Å². The van der Waals surface area contributed by atoms with Gasteiger partial charge in [-0.2, -0.15) is 0 Å². The molecule has 1 aromatic carbocycles. The van der Waals surface area contributed by atoms with E-state index in [9.17, 15) is 4.79 Å². The molecule has 1 aromatic heterocycles. The van der Waals surface area contributed by atoms with Gasteiger partial charge in [0, 0.05) is 43.0 Å². The zero-order chi connectivity index (χ0) is 18.1. The molecule has 2 aliphatic heterocycles. The van der Waals surface area contributed by atoms with Gasteiger partial charge in [-0.25, -0.2) is 0 Å². The van der Waals surface area contributed by atoms with Crippen molar-refractivity contribution in [2.75, 3.05) is 25.0 Å². The summed E-state index contributed by atoms with van der Waals surface area (Å²) in [5, 5.41) is 4.08. The fourth-order valence-corrected chi connectivity index (χ4v) is 4.33. The molecule has 136 valence electrons. The molecule has 26 heavy (non-hydrogen) atoms. The Morgan fingerprint density at radius 1 is 1.19 bits per heavy atom. The standard InChI is InChI=1S/C20H23N3O2S/c1-2-25-17-8-6-16(7-9-17)21-20(26)22-11-14-10-15(13-22)18-4-3-5-19(24)23(18)12-14/h3-9,14-15H,2,10-13H2,1H3,(H,21,26)/t14?,15-/m1/s1. The summed E-state index contributed by atoms with van der Waals surface area (Å²) in [4.78, 5) is 14.4. The first kappa shape index (κ1) is 17.1. The third-order valence-corrected chi connectivity index (χ3v) is 5.54. The molecule has 0 saturated carbocycles. The third-order valence-electron chi connectivity index (χ3n) is 5.18. The number of hydrogen-bond donors (Lipinski definition) is 1. The van der Waals surface area contributed by atoms with Crippen molar-refractivity contribution >= 4 is 23.0 Å². The smallest absolute Gasteiger partial charge is 0.250 e. The average molecular weight is 369 g/mol. The molecule has 2 aromatic rings. The molecule has 0 radical (unpaired) electrons. The second kappa shape index (κ2) is 7.11. The number of thiocarbonyl (C=S) groups is 1. The largest absolute Gasteiger partial charge is 0.494 e. The Balaban J connectivity index is 1.46. The Morgan fingerprint density at radius 3 is 2.77 bits per heavy atom. The third kappa shape index (κ3) is 3.33. The van der Waals surface area contributed by atoms with Crippen LogP contribution in [0.5, 0.6) is 5.75 Å². The number of benzene rings is 1. The Kier molecular flexibility index (Phi) is 4.68. The van der Waals surface area contributed by atoms with Gasteiger partial charge in [-0.3, -0.25) is 4.79 Å². The van der Waals surface area contributed by atoms with Crippen molar-refractivity contribution in [1.82, 2.24) is 9.47 Å². The van der Waals surface area contributed by atoms with Crippen LogP contribution in [0, 0.1) is 5.92 Å². The second-order valence-electron chi connectivity index (χ2n) is 6.99. The summed E-state index contributed by atoms with van der Waals surface area (Å²) in [5.74, 6) is 1.68. The molecule has 1 unspecified atom stereocenters. The molecule has 1 fully saturated rings. The topological polar surface area (TPSA) is 46.5 Å². The van der Waals surface area contributed by atoms with Gasteiger partial charge in [-0.15, -0.1) is 0 Å². The number of ether oxygens (including phenoxy) is 1. The van der Waals surface area contributed by atoms with Crippen LogP contribution >= 0.6 is 12.2 Å². The number of nitrogens with zero attached hydrogens (tertiary/aromatic N) is 2. The van der Waals surface area contributed by atoms with Crippen LogP contribution in [0.2, 0.25) is 0 Å². The summed E-state index contributed by atoms with van der Waals surface area (Å²) >= 11 is 5.66. The van der Waals surface area contributed by atoms with E-state index in [0.29, 0.717) is 18.4 Å². The molecule has 5 nitrogen and oxygen atoms in total. The molecule has 2 aliphatic rings. The molecule has 4 rings (SSSR count). The molecular weight excluding hydrogens is 346 g/mol. The molecular formula is C20H23N3O2S. The normalized spacial score (nSPS) is 21.0. The summed E-state index contributed by atoms with van der Waals surface area (Å²) in [6, 6.07) is 13.5. The number of likely N-dealkylation sites (tertiary alicyclic amines) is 1. The number of piperidine rings is 1. The highest BCUT2D eigenvalue weighted by Crippen LogP contribution is 2.35. The lowest BCUT2D eigenvalue weighted by atomic mass is 9.83. The first-order valence-electron chi connectivity index (χ1n) is 9.12. The average Bonchev–Trinajstić information content (AvgIpc) is 2.64. The number of hydrogen-bond acceptors (Lipinski definition) is 3. The molecule has 2 atom stereocenters. The van der Waals surface area contributed by atoms with Gasteiger partial charge >= 0.3 is 0 Å². The van der Waals surface area contributed by atoms with E-state index >= 15 is 0 Å². The minimum Gasteiger partial charge on any atom is -0.494 e. The second-order valence-corrected chi connectivity index (χ2v) is 7.38. The Hall–Kier alpha value is -2.34. The van der Waals surface area contributed by atoms with E-state index < -0.39 is 0 Å². The van der Waals surface area contributed by atoms with Crippen molar-refractivity contribution in [3.8, 4) is 5.75 Å². The lowest BCUT2D eigenvalue weighted by molar-refractivity contribution is 0.180. The van der Waals surface area contributed by atoms with Gasteiger partial charge in [0.05, 0.1) is 6.61 Å². The van der Waals surface area contributed by atoms with E-state index in [0.717, 1.165) is 48.3 Å². The van der Waals surface area contributed by atoms with Gasteiger partial charge in [-0.05, 0) is 61.8 Å². The highest BCUT2D eigenvalue weighted by Gasteiger charge is 2.35. The first-order chi connectivity index (χ1) is 12.6. The maximum atomic E-state index is 12.1. The van der Waals surface area contributed by atoms with E-state index in [-0.39, 0.29) is 5.56 Å². The summed E-state index contributed by atoms with van der Waals surface area (Å²) < 4.78 is 7.42. The predicted octanol–water partition coefficient (Wildman–Crippen LogP) is 3.06. The van der Waals surface area contributed by atoms with Gasteiger partial charge in [0.15, 0.2) is 5.11 Å². The molecule has 1 N–H and O–H groups in total. The maximum Gasteiger partial charge on any atom is 0.250 e. The van der Waals surface area contributed by atoms with Gasteiger partial charge in [0.25, 0.3) is 5.56 Å². The van der Waals surface area contributed by atoms with Gasteiger partial charge in [0.1, 0.15) is 5.75 Å². The highest BCUT2D eigenvalue weighted by molar-refractivity contribution is 7.80. The Labute approximate surface area is 158 Å². The quantitative estimate of drug-likeness (QED) is 0.843. The Morgan fingerprint density at radius 2 is 2.00 bits per heavy atom. The molecule has 1 saturated heterocycles. The lowest BCUT2D eigenvalue weighted by Gasteiger charge is -2.43. The maximum absolute atomic E-state index is 12.1. The summed E-state index contributed by atoms with van der Waals surface area (Å²) in [6.45, 7) is 5.16.